The Hall–Kier alpha value is -1.48. The molecule has 0 saturated carbocycles. The van der Waals surface area contributed by atoms with Crippen molar-refractivity contribution in [1.29, 1.82) is 0 Å². The normalized spacial score (nSPS) is 10.8. The summed E-state index contributed by atoms with van der Waals surface area (Å²) in [5.74, 6) is -0.434. The Morgan fingerprint density at radius 1 is 1.00 bits per heavy atom. The number of hydrogen-bond acceptors (Lipinski definition) is 2. The summed E-state index contributed by atoms with van der Waals surface area (Å²) in [4.78, 5) is 11.6. The second kappa shape index (κ2) is 7.51. The number of ether oxygens (including phenoxy) is 1. The minimum Gasteiger partial charge on any atom is -0.458 e. The Bertz CT molecular complexity index is 664. The lowest BCUT2D eigenvalue weighted by atomic mass is 10.2. The molecule has 2 aromatic rings. The smallest absolute Gasteiger partial charge is 0.331 e. The number of benzene rings is 2. The summed E-state index contributed by atoms with van der Waals surface area (Å²) in [6, 6.07) is 12.2. The molecule has 2 rings (SSSR count). The average Bonchev–Trinajstić information content (AvgIpc) is 2.48. The summed E-state index contributed by atoms with van der Waals surface area (Å²) in [6.45, 7) is 0.196. The van der Waals surface area contributed by atoms with Gasteiger partial charge in [-0.25, -0.2) is 4.79 Å². The van der Waals surface area contributed by atoms with Crippen molar-refractivity contribution in [2.45, 2.75) is 6.61 Å². The summed E-state index contributed by atoms with van der Waals surface area (Å²) >= 11 is 17.5. The Morgan fingerprint density at radius 2 is 1.71 bits per heavy atom. The van der Waals surface area contributed by atoms with Gasteiger partial charge in [-0.1, -0.05) is 53.0 Å². The molecule has 21 heavy (non-hydrogen) atoms. The monoisotopic (exact) mass is 340 g/mol. The number of carbonyl (C=O) groups excluding carboxylic acids is 1. The van der Waals surface area contributed by atoms with Crippen molar-refractivity contribution in [3.05, 3.63) is 74.7 Å². The quantitative estimate of drug-likeness (QED) is 0.549. The number of hydrogen-bond donors (Lipinski definition) is 0. The molecule has 0 amide bonds. The molecular weight excluding hydrogens is 331 g/mol. The highest BCUT2D eigenvalue weighted by atomic mass is 35.5. The predicted octanol–water partition coefficient (Wildman–Crippen LogP) is 5.40. The molecule has 0 heterocycles. The third kappa shape index (κ3) is 5.09. The van der Waals surface area contributed by atoms with E-state index in [1.807, 2.05) is 0 Å². The van der Waals surface area contributed by atoms with E-state index >= 15 is 0 Å². The Kier molecular flexibility index (Phi) is 5.68. The van der Waals surface area contributed by atoms with E-state index < -0.39 is 5.97 Å². The fraction of sp³-hybridized carbons (Fsp3) is 0.0625. The van der Waals surface area contributed by atoms with E-state index in [4.69, 9.17) is 39.5 Å². The van der Waals surface area contributed by atoms with Crippen LogP contribution in [0, 0.1) is 0 Å². The van der Waals surface area contributed by atoms with Crippen LogP contribution in [0.5, 0.6) is 0 Å². The Morgan fingerprint density at radius 3 is 2.38 bits per heavy atom. The van der Waals surface area contributed by atoms with E-state index in [0.717, 1.165) is 11.1 Å². The standard InChI is InChI=1S/C16H11Cl3O2/c17-13-5-1-12(2-6-13)10-21-16(20)8-4-11-3-7-14(18)15(19)9-11/h1-9H,10H2/b8-4+. The summed E-state index contributed by atoms with van der Waals surface area (Å²) in [5.41, 5.74) is 1.64. The summed E-state index contributed by atoms with van der Waals surface area (Å²) < 4.78 is 5.12. The molecule has 108 valence electrons. The number of esters is 1. The van der Waals surface area contributed by atoms with Crippen LogP contribution in [0.15, 0.2) is 48.5 Å². The fourth-order valence-corrected chi connectivity index (χ4v) is 2.00. The van der Waals surface area contributed by atoms with Gasteiger partial charge in [0, 0.05) is 11.1 Å². The maximum absolute atomic E-state index is 11.6. The van der Waals surface area contributed by atoms with Crippen LogP contribution in [0.1, 0.15) is 11.1 Å². The predicted molar refractivity (Wildman–Crippen MR) is 86.7 cm³/mol. The number of halogens is 3. The molecule has 2 nitrogen and oxygen atoms in total. The van der Waals surface area contributed by atoms with Crippen LogP contribution in [0.25, 0.3) is 6.08 Å². The van der Waals surface area contributed by atoms with Crippen LogP contribution >= 0.6 is 34.8 Å². The van der Waals surface area contributed by atoms with E-state index in [0.29, 0.717) is 15.1 Å². The molecule has 0 unspecified atom stereocenters. The van der Waals surface area contributed by atoms with Crippen LogP contribution in [-0.2, 0) is 16.1 Å². The highest BCUT2D eigenvalue weighted by Crippen LogP contribution is 2.23. The van der Waals surface area contributed by atoms with E-state index in [1.165, 1.54) is 6.08 Å². The Balaban J connectivity index is 1.90. The average molecular weight is 342 g/mol. The molecule has 0 bridgehead atoms. The molecule has 0 aliphatic carbocycles. The maximum atomic E-state index is 11.6. The molecule has 0 aromatic heterocycles. The summed E-state index contributed by atoms with van der Waals surface area (Å²) in [5, 5.41) is 1.55. The topological polar surface area (TPSA) is 26.3 Å². The van der Waals surface area contributed by atoms with Crippen LogP contribution in [0.2, 0.25) is 15.1 Å². The summed E-state index contributed by atoms with van der Waals surface area (Å²) in [6.07, 6.45) is 2.96. The third-order valence-electron chi connectivity index (χ3n) is 2.65. The van der Waals surface area contributed by atoms with Gasteiger partial charge in [-0.05, 0) is 41.5 Å². The van der Waals surface area contributed by atoms with Gasteiger partial charge in [0.05, 0.1) is 10.0 Å². The van der Waals surface area contributed by atoms with Crippen molar-refractivity contribution in [3.63, 3.8) is 0 Å². The lowest BCUT2D eigenvalue weighted by Gasteiger charge is -2.02. The second-order valence-electron chi connectivity index (χ2n) is 4.24. The lowest BCUT2D eigenvalue weighted by Crippen LogP contribution is -2.00. The zero-order valence-electron chi connectivity index (χ0n) is 10.9. The van der Waals surface area contributed by atoms with Crippen molar-refractivity contribution in [1.82, 2.24) is 0 Å². The lowest BCUT2D eigenvalue weighted by molar-refractivity contribution is -0.138. The maximum Gasteiger partial charge on any atom is 0.331 e. The second-order valence-corrected chi connectivity index (χ2v) is 5.49. The first-order valence-electron chi connectivity index (χ1n) is 6.09. The van der Waals surface area contributed by atoms with Crippen LogP contribution in [-0.4, -0.2) is 5.97 Å². The van der Waals surface area contributed by atoms with Gasteiger partial charge in [-0.15, -0.1) is 0 Å². The minimum absolute atomic E-state index is 0.196. The zero-order valence-corrected chi connectivity index (χ0v) is 13.1. The molecule has 2 aromatic carbocycles. The number of carbonyl (C=O) groups is 1. The molecule has 0 aliphatic heterocycles. The molecular formula is C16H11Cl3O2. The molecule has 0 saturated heterocycles. The van der Waals surface area contributed by atoms with Gasteiger partial charge in [-0.3, -0.25) is 0 Å². The van der Waals surface area contributed by atoms with Gasteiger partial charge in [0.1, 0.15) is 6.61 Å². The van der Waals surface area contributed by atoms with Crippen molar-refractivity contribution >= 4 is 46.8 Å². The van der Waals surface area contributed by atoms with Gasteiger partial charge < -0.3 is 4.74 Å². The molecule has 0 aliphatic rings. The first-order chi connectivity index (χ1) is 10.0. The first-order valence-corrected chi connectivity index (χ1v) is 7.22. The highest BCUT2D eigenvalue weighted by molar-refractivity contribution is 6.42. The molecule has 0 radical (unpaired) electrons. The largest absolute Gasteiger partial charge is 0.458 e. The van der Waals surface area contributed by atoms with Gasteiger partial charge in [0.2, 0.25) is 0 Å². The summed E-state index contributed by atoms with van der Waals surface area (Å²) in [7, 11) is 0. The van der Waals surface area contributed by atoms with Gasteiger partial charge in [-0.2, -0.15) is 0 Å². The van der Waals surface area contributed by atoms with Gasteiger partial charge >= 0.3 is 5.97 Å². The van der Waals surface area contributed by atoms with Gasteiger partial charge in [0.25, 0.3) is 0 Å². The van der Waals surface area contributed by atoms with Crippen LogP contribution < -0.4 is 0 Å². The fourth-order valence-electron chi connectivity index (χ4n) is 1.56. The minimum atomic E-state index is -0.434. The molecule has 0 spiro atoms. The van der Waals surface area contributed by atoms with Crippen LogP contribution in [0.4, 0.5) is 0 Å². The molecule has 0 atom stereocenters. The van der Waals surface area contributed by atoms with Gasteiger partial charge in [0.15, 0.2) is 0 Å². The van der Waals surface area contributed by atoms with Crippen molar-refractivity contribution in [2.24, 2.45) is 0 Å². The van der Waals surface area contributed by atoms with Crippen molar-refractivity contribution in [3.8, 4) is 0 Å². The number of rotatable bonds is 4. The third-order valence-corrected chi connectivity index (χ3v) is 3.64. The first kappa shape index (κ1) is 15.9. The van der Waals surface area contributed by atoms with E-state index in [1.54, 1.807) is 48.5 Å². The molecule has 5 heteroatoms. The molecule has 0 fully saturated rings. The van der Waals surface area contributed by atoms with E-state index in [-0.39, 0.29) is 6.61 Å². The van der Waals surface area contributed by atoms with Crippen molar-refractivity contribution < 1.29 is 9.53 Å². The van der Waals surface area contributed by atoms with Crippen molar-refractivity contribution in [2.75, 3.05) is 0 Å². The van der Waals surface area contributed by atoms with Crippen LogP contribution in [0.3, 0.4) is 0 Å². The Labute approximate surface area is 137 Å². The zero-order chi connectivity index (χ0) is 15.2. The van der Waals surface area contributed by atoms with E-state index in [9.17, 15) is 4.79 Å². The highest BCUT2D eigenvalue weighted by Gasteiger charge is 2.00. The molecule has 0 N–H and O–H groups in total. The van der Waals surface area contributed by atoms with E-state index in [2.05, 4.69) is 0 Å². The SMILES string of the molecule is O=C(/C=C/c1ccc(Cl)c(Cl)c1)OCc1ccc(Cl)cc1.